The minimum absolute atomic E-state index is 0.111. The molecule has 1 aliphatic rings. The Labute approximate surface area is 109 Å². The fourth-order valence-corrected chi connectivity index (χ4v) is 4.39. The van der Waals surface area contributed by atoms with Crippen LogP contribution >= 0.6 is 11.3 Å². The molecule has 0 aliphatic heterocycles. The van der Waals surface area contributed by atoms with Gasteiger partial charge in [-0.1, -0.05) is 0 Å². The summed E-state index contributed by atoms with van der Waals surface area (Å²) < 4.78 is 27.0. The summed E-state index contributed by atoms with van der Waals surface area (Å²) in [7, 11) is -3.48. The number of thiophene rings is 1. The van der Waals surface area contributed by atoms with Gasteiger partial charge in [0.1, 0.15) is 4.90 Å². The molecule has 1 atom stereocenters. The first-order valence-electron chi connectivity index (χ1n) is 5.74. The molecule has 3 rings (SSSR count). The third-order valence-corrected chi connectivity index (χ3v) is 5.57. The molecule has 0 saturated heterocycles. The maximum absolute atomic E-state index is 12.1. The van der Waals surface area contributed by atoms with E-state index >= 15 is 0 Å². The van der Waals surface area contributed by atoms with Gasteiger partial charge in [0.05, 0.1) is 6.20 Å². The van der Waals surface area contributed by atoms with Crippen molar-refractivity contribution < 1.29 is 8.42 Å². The number of nitrogens with one attached hydrogen (secondary N) is 2. The van der Waals surface area contributed by atoms with E-state index in [1.807, 2.05) is 11.4 Å². The summed E-state index contributed by atoms with van der Waals surface area (Å²) in [4.78, 5) is 1.48. The topological polar surface area (TPSA) is 74.8 Å². The van der Waals surface area contributed by atoms with Crippen LogP contribution in [-0.4, -0.2) is 18.6 Å². The normalized spacial score (nSPS) is 19.7. The van der Waals surface area contributed by atoms with E-state index in [9.17, 15) is 8.42 Å². The van der Waals surface area contributed by atoms with Gasteiger partial charge < -0.3 is 0 Å². The molecule has 0 fully saturated rings. The van der Waals surface area contributed by atoms with E-state index in [4.69, 9.17) is 0 Å². The number of aryl methyl sites for hydroxylation is 1. The molecular weight excluding hydrogens is 270 g/mol. The van der Waals surface area contributed by atoms with Crippen molar-refractivity contribution in [3.8, 4) is 0 Å². The third-order valence-electron chi connectivity index (χ3n) is 3.13. The lowest BCUT2D eigenvalue weighted by atomic mass is 9.95. The number of fused-ring (bicyclic) bond motifs is 1. The van der Waals surface area contributed by atoms with E-state index in [2.05, 4.69) is 14.9 Å². The predicted octanol–water partition coefficient (Wildman–Crippen LogP) is 1.83. The molecule has 0 saturated carbocycles. The van der Waals surface area contributed by atoms with Crippen LogP contribution in [0.5, 0.6) is 0 Å². The van der Waals surface area contributed by atoms with Gasteiger partial charge in [-0.3, -0.25) is 5.10 Å². The molecule has 7 heteroatoms. The highest BCUT2D eigenvalue weighted by atomic mass is 32.2. The zero-order valence-electron chi connectivity index (χ0n) is 9.59. The van der Waals surface area contributed by atoms with Crippen LogP contribution in [-0.2, 0) is 16.4 Å². The Morgan fingerprint density at radius 2 is 2.39 bits per heavy atom. The van der Waals surface area contributed by atoms with Crippen LogP contribution in [0.1, 0.15) is 29.3 Å². The lowest BCUT2D eigenvalue weighted by molar-refractivity contribution is 0.511. The first-order valence-corrected chi connectivity index (χ1v) is 8.10. The quantitative estimate of drug-likeness (QED) is 0.902. The Kier molecular flexibility index (Phi) is 2.96. The zero-order chi connectivity index (χ0) is 12.6. The molecule has 0 radical (unpaired) electrons. The second-order valence-electron chi connectivity index (χ2n) is 4.30. The summed E-state index contributed by atoms with van der Waals surface area (Å²) in [6.45, 7) is 0. The molecule has 0 spiro atoms. The molecular formula is C11H13N3O2S2. The van der Waals surface area contributed by atoms with Crippen LogP contribution in [0.3, 0.4) is 0 Å². The van der Waals surface area contributed by atoms with Gasteiger partial charge in [0.2, 0.25) is 10.0 Å². The Morgan fingerprint density at radius 3 is 3.17 bits per heavy atom. The fraction of sp³-hybridized carbons (Fsp3) is 0.364. The maximum atomic E-state index is 12.1. The van der Waals surface area contributed by atoms with Gasteiger partial charge in [0, 0.05) is 17.1 Å². The van der Waals surface area contributed by atoms with E-state index in [0.29, 0.717) is 0 Å². The van der Waals surface area contributed by atoms with Gasteiger partial charge in [-0.15, -0.1) is 11.3 Å². The van der Waals surface area contributed by atoms with Gasteiger partial charge in [-0.2, -0.15) is 5.10 Å². The van der Waals surface area contributed by atoms with Gasteiger partial charge in [0.25, 0.3) is 0 Å². The number of hydrogen-bond acceptors (Lipinski definition) is 4. The van der Waals surface area contributed by atoms with E-state index in [1.54, 1.807) is 11.3 Å². The van der Waals surface area contributed by atoms with Crippen LogP contribution < -0.4 is 4.72 Å². The van der Waals surface area contributed by atoms with Gasteiger partial charge >= 0.3 is 0 Å². The molecule has 0 amide bonds. The lowest BCUT2D eigenvalue weighted by Crippen LogP contribution is -2.30. The molecule has 18 heavy (non-hydrogen) atoms. The molecule has 1 unspecified atom stereocenters. The number of hydrogen-bond donors (Lipinski definition) is 2. The summed E-state index contributed by atoms with van der Waals surface area (Å²) in [5.74, 6) is 0. The molecule has 96 valence electrons. The van der Waals surface area contributed by atoms with Gasteiger partial charge in [0.15, 0.2) is 0 Å². The summed E-state index contributed by atoms with van der Waals surface area (Å²) in [5.41, 5.74) is 1.12. The molecule has 2 N–H and O–H groups in total. The van der Waals surface area contributed by atoms with E-state index in [-0.39, 0.29) is 10.9 Å². The van der Waals surface area contributed by atoms with Gasteiger partial charge in [-0.25, -0.2) is 13.1 Å². The Hall–Kier alpha value is -1.18. The Morgan fingerprint density at radius 1 is 1.50 bits per heavy atom. The van der Waals surface area contributed by atoms with Crippen molar-refractivity contribution in [2.75, 3.05) is 0 Å². The summed E-state index contributed by atoms with van der Waals surface area (Å²) >= 11 is 1.70. The number of aromatic amines is 1. The summed E-state index contributed by atoms with van der Waals surface area (Å²) in [5, 5.41) is 8.22. The third kappa shape index (κ3) is 2.09. The molecule has 2 aromatic rings. The van der Waals surface area contributed by atoms with Crippen molar-refractivity contribution in [2.24, 2.45) is 0 Å². The van der Waals surface area contributed by atoms with E-state index < -0.39 is 10.0 Å². The number of sulfonamides is 1. The number of nitrogens with zero attached hydrogens (tertiary/aromatic N) is 1. The Bertz CT molecular complexity index is 631. The molecule has 1 aliphatic carbocycles. The van der Waals surface area contributed by atoms with Crippen molar-refractivity contribution in [3.63, 3.8) is 0 Å². The first-order chi connectivity index (χ1) is 8.67. The minimum Gasteiger partial charge on any atom is -0.284 e. The lowest BCUT2D eigenvalue weighted by Gasteiger charge is -2.23. The van der Waals surface area contributed by atoms with Crippen molar-refractivity contribution in [3.05, 3.63) is 34.3 Å². The molecule has 2 aromatic heterocycles. The second kappa shape index (κ2) is 4.49. The second-order valence-corrected chi connectivity index (χ2v) is 7.01. The van der Waals surface area contributed by atoms with Crippen molar-refractivity contribution >= 4 is 21.4 Å². The number of aromatic nitrogens is 2. The van der Waals surface area contributed by atoms with Crippen LogP contribution in [0.15, 0.2) is 28.7 Å². The maximum Gasteiger partial charge on any atom is 0.244 e. The molecule has 2 heterocycles. The Balaban J connectivity index is 1.87. The number of H-pyrrole nitrogens is 1. The van der Waals surface area contributed by atoms with Crippen molar-refractivity contribution in [2.45, 2.75) is 30.2 Å². The number of rotatable bonds is 3. The largest absolute Gasteiger partial charge is 0.284 e. The summed E-state index contributed by atoms with van der Waals surface area (Å²) in [6, 6.07) is 1.90. The monoisotopic (exact) mass is 283 g/mol. The average molecular weight is 283 g/mol. The van der Waals surface area contributed by atoms with Gasteiger partial charge in [-0.05, 0) is 36.3 Å². The van der Waals surface area contributed by atoms with E-state index in [0.717, 1.165) is 24.8 Å². The smallest absolute Gasteiger partial charge is 0.244 e. The zero-order valence-corrected chi connectivity index (χ0v) is 11.2. The molecule has 0 aromatic carbocycles. The summed E-state index contributed by atoms with van der Waals surface area (Å²) in [6.07, 6.45) is 5.63. The van der Waals surface area contributed by atoms with Crippen LogP contribution in [0.25, 0.3) is 0 Å². The average Bonchev–Trinajstić information content (AvgIpc) is 3.00. The highest BCUT2D eigenvalue weighted by Gasteiger charge is 2.26. The molecule has 5 nitrogen and oxygen atoms in total. The standard InChI is InChI=1S/C11H13N3O2S2/c15-18(16,8-6-12-13-7-8)14-10-2-1-3-11-9(10)4-5-17-11/h4-7,10,14H,1-3H2,(H,12,13). The molecule has 0 bridgehead atoms. The van der Waals surface area contributed by atoms with Crippen molar-refractivity contribution in [1.82, 2.24) is 14.9 Å². The highest BCUT2D eigenvalue weighted by molar-refractivity contribution is 7.89. The SMILES string of the molecule is O=S(=O)(NC1CCCc2sccc21)c1cn[nH]c1. The van der Waals surface area contributed by atoms with Crippen LogP contribution in [0.4, 0.5) is 0 Å². The highest BCUT2D eigenvalue weighted by Crippen LogP contribution is 2.34. The van der Waals surface area contributed by atoms with Crippen LogP contribution in [0, 0.1) is 0 Å². The first kappa shape index (κ1) is 11.9. The fourth-order valence-electron chi connectivity index (χ4n) is 2.25. The van der Waals surface area contributed by atoms with Crippen LogP contribution in [0.2, 0.25) is 0 Å². The predicted molar refractivity (Wildman–Crippen MR) is 68.9 cm³/mol. The van der Waals surface area contributed by atoms with Crippen molar-refractivity contribution in [1.29, 1.82) is 0 Å². The minimum atomic E-state index is -3.48. The van der Waals surface area contributed by atoms with E-state index in [1.165, 1.54) is 17.3 Å².